The third-order valence-corrected chi connectivity index (χ3v) is 4.53. The Balaban J connectivity index is 1.90. The molecule has 22 heavy (non-hydrogen) atoms. The minimum Gasteiger partial charge on any atom is -0.452 e. The summed E-state index contributed by atoms with van der Waals surface area (Å²) in [6, 6.07) is 8.37. The maximum Gasteiger partial charge on any atom is 0.341 e. The van der Waals surface area contributed by atoms with Crippen molar-refractivity contribution in [3.05, 3.63) is 56.2 Å². The van der Waals surface area contributed by atoms with Crippen LogP contribution in [0.1, 0.15) is 28.2 Å². The van der Waals surface area contributed by atoms with Crippen LogP contribution in [0, 0.1) is 0 Å². The molecule has 0 aliphatic carbocycles. The topological polar surface area (TPSA) is 55.4 Å². The highest BCUT2D eigenvalue weighted by Gasteiger charge is 2.18. The fraction of sp³-hybridized carbons (Fsp3) is 0.200. The molecule has 0 saturated carbocycles. The summed E-state index contributed by atoms with van der Waals surface area (Å²) in [5.41, 5.74) is 0.0601. The lowest BCUT2D eigenvalue weighted by Gasteiger charge is -2.12. The summed E-state index contributed by atoms with van der Waals surface area (Å²) in [7, 11) is 0. The zero-order chi connectivity index (χ0) is 16.1. The number of amides is 1. The maximum absolute atomic E-state index is 11.9. The lowest BCUT2D eigenvalue weighted by molar-refractivity contribution is -0.124. The van der Waals surface area contributed by atoms with E-state index < -0.39 is 18.5 Å². The highest BCUT2D eigenvalue weighted by atomic mass is 35.5. The van der Waals surface area contributed by atoms with Gasteiger partial charge in [0.1, 0.15) is 0 Å². The number of thiophene rings is 1. The summed E-state index contributed by atoms with van der Waals surface area (Å²) in [6.07, 6.45) is 0. The Morgan fingerprint density at radius 1 is 1.23 bits per heavy atom. The van der Waals surface area contributed by atoms with Gasteiger partial charge < -0.3 is 10.1 Å². The van der Waals surface area contributed by atoms with E-state index in [1.165, 1.54) is 12.1 Å². The fourth-order valence-corrected chi connectivity index (χ4v) is 3.07. The first-order valence-corrected chi connectivity index (χ1v) is 8.06. The molecule has 0 spiro atoms. The molecule has 1 aromatic heterocycles. The number of hydrogen-bond donors (Lipinski definition) is 1. The predicted octanol–water partition coefficient (Wildman–Crippen LogP) is 4.09. The van der Waals surface area contributed by atoms with Crippen molar-refractivity contribution in [2.75, 3.05) is 6.61 Å². The van der Waals surface area contributed by atoms with Gasteiger partial charge in [0.05, 0.1) is 21.7 Å². The molecule has 1 aromatic carbocycles. The SMILES string of the molecule is C[C@@H](NC(=O)COC(=O)c1c(Cl)cccc1Cl)c1cccs1. The van der Waals surface area contributed by atoms with E-state index in [2.05, 4.69) is 5.32 Å². The molecule has 2 aromatic rings. The van der Waals surface area contributed by atoms with Gasteiger partial charge in [0.25, 0.3) is 5.91 Å². The summed E-state index contributed by atoms with van der Waals surface area (Å²) < 4.78 is 4.95. The Kier molecular flexibility index (Phi) is 5.83. The van der Waals surface area contributed by atoms with Gasteiger partial charge in [0.15, 0.2) is 6.61 Å². The van der Waals surface area contributed by atoms with Crippen LogP contribution in [0.15, 0.2) is 35.7 Å². The summed E-state index contributed by atoms with van der Waals surface area (Å²) >= 11 is 13.4. The molecule has 0 bridgehead atoms. The zero-order valence-corrected chi connectivity index (χ0v) is 14.0. The molecule has 0 unspecified atom stereocenters. The number of nitrogens with one attached hydrogen (secondary N) is 1. The van der Waals surface area contributed by atoms with Crippen LogP contribution in [-0.2, 0) is 9.53 Å². The van der Waals surface area contributed by atoms with Crippen molar-refractivity contribution in [1.29, 1.82) is 0 Å². The standard InChI is InChI=1S/C15H13Cl2NO3S/c1-9(12-6-3-7-22-12)18-13(19)8-21-15(20)14-10(16)4-2-5-11(14)17/h2-7,9H,8H2,1H3,(H,18,19)/t9-/m1/s1. The number of carbonyl (C=O) groups is 2. The molecular weight excluding hydrogens is 345 g/mol. The number of ether oxygens (including phenoxy) is 1. The van der Waals surface area contributed by atoms with Gasteiger partial charge in [-0.05, 0) is 30.5 Å². The molecule has 1 heterocycles. The van der Waals surface area contributed by atoms with Crippen LogP contribution in [0.25, 0.3) is 0 Å². The van der Waals surface area contributed by atoms with Crippen LogP contribution in [0.5, 0.6) is 0 Å². The minimum absolute atomic E-state index is 0.0601. The average molecular weight is 358 g/mol. The summed E-state index contributed by atoms with van der Waals surface area (Å²) in [4.78, 5) is 24.8. The van der Waals surface area contributed by atoms with Gasteiger partial charge in [-0.1, -0.05) is 35.3 Å². The largest absolute Gasteiger partial charge is 0.452 e. The molecule has 4 nitrogen and oxygen atoms in total. The molecule has 1 N–H and O–H groups in total. The van der Waals surface area contributed by atoms with Crippen molar-refractivity contribution in [1.82, 2.24) is 5.32 Å². The van der Waals surface area contributed by atoms with Crippen LogP contribution in [0.3, 0.4) is 0 Å². The molecule has 0 aliphatic heterocycles. The Morgan fingerprint density at radius 3 is 2.50 bits per heavy atom. The van der Waals surface area contributed by atoms with E-state index >= 15 is 0 Å². The number of benzene rings is 1. The summed E-state index contributed by atoms with van der Waals surface area (Å²) in [6.45, 7) is 1.46. The Hall–Kier alpha value is -1.56. The van der Waals surface area contributed by atoms with E-state index in [-0.39, 0.29) is 21.7 Å². The third-order valence-electron chi connectivity index (χ3n) is 2.85. The van der Waals surface area contributed by atoms with Gasteiger partial charge >= 0.3 is 5.97 Å². The van der Waals surface area contributed by atoms with Crippen LogP contribution in [0.2, 0.25) is 10.0 Å². The molecule has 2 rings (SSSR count). The van der Waals surface area contributed by atoms with E-state index in [1.54, 1.807) is 17.4 Å². The molecule has 0 saturated heterocycles. The summed E-state index contributed by atoms with van der Waals surface area (Å²) in [5, 5.41) is 5.04. The first-order valence-electron chi connectivity index (χ1n) is 6.43. The normalized spacial score (nSPS) is 11.8. The lowest BCUT2D eigenvalue weighted by Crippen LogP contribution is -2.30. The second-order valence-corrected chi connectivity index (χ2v) is 6.27. The third kappa shape index (κ3) is 4.22. The fourth-order valence-electron chi connectivity index (χ4n) is 1.79. The predicted molar refractivity (Wildman–Crippen MR) is 87.6 cm³/mol. The molecule has 116 valence electrons. The van der Waals surface area contributed by atoms with E-state index in [0.717, 1.165) is 4.88 Å². The first-order chi connectivity index (χ1) is 10.5. The number of hydrogen-bond acceptors (Lipinski definition) is 4. The van der Waals surface area contributed by atoms with Crippen molar-refractivity contribution < 1.29 is 14.3 Å². The zero-order valence-electron chi connectivity index (χ0n) is 11.6. The molecule has 0 aliphatic rings. The maximum atomic E-state index is 11.9. The van der Waals surface area contributed by atoms with E-state index in [1.807, 2.05) is 24.4 Å². The Labute approximate surface area is 142 Å². The van der Waals surface area contributed by atoms with Gasteiger partial charge in [-0.2, -0.15) is 0 Å². The minimum atomic E-state index is -0.727. The van der Waals surface area contributed by atoms with Gasteiger partial charge in [-0.15, -0.1) is 11.3 Å². The first kappa shape index (κ1) is 16.8. The molecule has 0 radical (unpaired) electrons. The number of esters is 1. The Morgan fingerprint density at radius 2 is 1.91 bits per heavy atom. The second-order valence-electron chi connectivity index (χ2n) is 4.48. The van der Waals surface area contributed by atoms with Gasteiger partial charge in [0.2, 0.25) is 0 Å². The van der Waals surface area contributed by atoms with Crippen molar-refractivity contribution in [3.63, 3.8) is 0 Å². The highest BCUT2D eigenvalue weighted by Crippen LogP contribution is 2.25. The average Bonchev–Trinajstić information content (AvgIpc) is 2.99. The lowest BCUT2D eigenvalue weighted by atomic mass is 10.2. The van der Waals surface area contributed by atoms with Crippen LogP contribution in [0.4, 0.5) is 0 Å². The molecular formula is C15H13Cl2NO3S. The monoisotopic (exact) mass is 357 g/mol. The quantitative estimate of drug-likeness (QED) is 0.819. The van der Waals surface area contributed by atoms with Crippen molar-refractivity contribution >= 4 is 46.4 Å². The van der Waals surface area contributed by atoms with Crippen molar-refractivity contribution in [3.8, 4) is 0 Å². The molecule has 1 amide bonds. The molecule has 7 heteroatoms. The number of rotatable bonds is 5. The van der Waals surface area contributed by atoms with E-state index in [4.69, 9.17) is 27.9 Å². The van der Waals surface area contributed by atoms with Crippen molar-refractivity contribution in [2.45, 2.75) is 13.0 Å². The van der Waals surface area contributed by atoms with Crippen LogP contribution < -0.4 is 5.32 Å². The van der Waals surface area contributed by atoms with Crippen molar-refractivity contribution in [2.24, 2.45) is 0 Å². The highest BCUT2D eigenvalue weighted by molar-refractivity contribution is 7.10. The van der Waals surface area contributed by atoms with Gasteiger partial charge in [-0.3, -0.25) is 4.79 Å². The van der Waals surface area contributed by atoms with Crippen LogP contribution >= 0.6 is 34.5 Å². The number of carbonyl (C=O) groups excluding carboxylic acids is 2. The van der Waals surface area contributed by atoms with Crippen LogP contribution in [-0.4, -0.2) is 18.5 Å². The number of halogens is 2. The van der Waals surface area contributed by atoms with Gasteiger partial charge in [0, 0.05) is 4.88 Å². The molecule has 1 atom stereocenters. The Bertz CT molecular complexity index is 653. The van der Waals surface area contributed by atoms with E-state index in [9.17, 15) is 9.59 Å². The van der Waals surface area contributed by atoms with Gasteiger partial charge in [-0.25, -0.2) is 4.79 Å². The second kappa shape index (κ2) is 7.63. The van der Waals surface area contributed by atoms with E-state index in [0.29, 0.717) is 0 Å². The summed E-state index contributed by atoms with van der Waals surface area (Å²) in [5.74, 6) is -1.12. The molecule has 0 fully saturated rings. The smallest absolute Gasteiger partial charge is 0.341 e.